The molecular formula is C6H9NO. The van der Waals surface area contributed by atoms with E-state index in [0.717, 1.165) is 0 Å². The van der Waals surface area contributed by atoms with Crippen molar-refractivity contribution in [3.8, 4) is 6.07 Å². The minimum absolute atomic E-state index is 0.0463. The standard InChI is InChI=1S/C6H9NO/c1-6(5-7)3-4-8-2/h3-4,6H,1-2H3/b4-3+. The fraction of sp³-hybridized carbons (Fsp3) is 0.500. The Morgan fingerprint density at radius 2 is 2.38 bits per heavy atom. The summed E-state index contributed by atoms with van der Waals surface area (Å²) >= 11 is 0. The molecule has 0 aliphatic carbocycles. The number of allylic oxidation sites excluding steroid dienone is 1. The number of rotatable bonds is 2. The highest BCUT2D eigenvalue weighted by Gasteiger charge is 1.87. The van der Waals surface area contributed by atoms with E-state index < -0.39 is 0 Å². The van der Waals surface area contributed by atoms with E-state index in [4.69, 9.17) is 5.26 Å². The Morgan fingerprint density at radius 1 is 1.75 bits per heavy atom. The predicted octanol–water partition coefficient (Wildman–Crippen LogP) is 1.31. The topological polar surface area (TPSA) is 33.0 Å². The zero-order chi connectivity index (χ0) is 6.41. The third kappa shape index (κ3) is 3.23. The van der Waals surface area contributed by atoms with Crippen LogP contribution >= 0.6 is 0 Å². The molecule has 2 heteroatoms. The Morgan fingerprint density at radius 3 is 2.75 bits per heavy atom. The molecular weight excluding hydrogens is 102 g/mol. The fourth-order valence-corrected chi connectivity index (χ4v) is 0.239. The van der Waals surface area contributed by atoms with Crippen LogP contribution < -0.4 is 0 Å². The lowest BCUT2D eigenvalue weighted by Crippen LogP contribution is -1.80. The lowest BCUT2D eigenvalue weighted by Gasteiger charge is -1.88. The molecule has 0 saturated carbocycles. The van der Waals surface area contributed by atoms with Crippen molar-refractivity contribution in [2.24, 2.45) is 5.92 Å². The summed E-state index contributed by atoms with van der Waals surface area (Å²) in [5, 5.41) is 8.20. The molecule has 0 fully saturated rings. The van der Waals surface area contributed by atoms with Gasteiger partial charge in [0.2, 0.25) is 0 Å². The maximum atomic E-state index is 8.20. The van der Waals surface area contributed by atoms with Gasteiger partial charge in [-0.25, -0.2) is 0 Å². The zero-order valence-electron chi connectivity index (χ0n) is 5.09. The van der Waals surface area contributed by atoms with Gasteiger partial charge in [-0.05, 0) is 13.0 Å². The molecule has 1 atom stereocenters. The second kappa shape index (κ2) is 4.20. The summed E-state index contributed by atoms with van der Waals surface area (Å²) in [4.78, 5) is 0. The molecule has 0 aliphatic heterocycles. The summed E-state index contributed by atoms with van der Waals surface area (Å²) in [5.41, 5.74) is 0. The molecule has 0 saturated heterocycles. The van der Waals surface area contributed by atoms with Gasteiger partial charge in [0.15, 0.2) is 0 Å². The summed E-state index contributed by atoms with van der Waals surface area (Å²) in [6, 6.07) is 2.03. The second-order valence-electron chi connectivity index (χ2n) is 1.48. The molecule has 0 aliphatic rings. The van der Waals surface area contributed by atoms with Crippen LogP contribution in [0.1, 0.15) is 6.92 Å². The first kappa shape index (κ1) is 7.03. The molecule has 0 bridgehead atoms. The van der Waals surface area contributed by atoms with Gasteiger partial charge in [0.1, 0.15) is 0 Å². The van der Waals surface area contributed by atoms with Gasteiger partial charge >= 0.3 is 0 Å². The van der Waals surface area contributed by atoms with Gasteiger partial charge in [-0.3, -0.25) is 0 Å². The van der Waals surface area contributed by atoms with Crippen molar-refractivity contribution >= 4 is 0 Å². The molecule has 0 aromatic rings. The number of methoxy groups -OCH3 is 1. The van der Waals surface area contributed by atoms with Crippen LogP contribution in [0.5, 0.6) is 0 Å². The second-order valence-corrected chi connectivity index (χ2v) is 1.48. The first-order valence-electron chi connectivity index (χ1n) is 2.40. The quantitative estimate of drug-likeness (QED) is 0.503. The summed E-state index contributed by atoms with van der Waals surface area (Å²) in [6.45, 7) is 1.80. The van der Waals surface area contributed by atoms with E-state index >= 15 is 0 Å². The average molecular weight is 111 g/mol. The van der Waals surface area contributed by atoms with Crippen LogP contribution in [0.3, 0.4) is 0 Å². The monoisotopic (exact) mass is 111 g/mol. The van der Waals surface area contributed by atoms with Crippen LogP contribution in [0.15, 0.2) is 12.3 Å². The highest BCUT2D eigenvalue weighted by Crippen LogP contribution is 1.92. The maximum absolute atomic E-state index is 8.20. The molecule has 0 aromatic carbocycles. The maximum Gasteiger partial charge on any atom is 0.0797 e. The van der Waals surface area contributed by atoms with Crippen molar-refractivity contribution in [1.29, 1.82) is 5.26 Å². The normalized spacial score (nSPS) is 13.1. The molecule has 44 valence electrons. The van der Waals surface area contributed by atoms with Crippen molar-refractivity contribution in [1.82, 2.24) is 0 Å². The lowest BCUT2D eigenvalue weighted by molar-refractivity contribution is 0.335. The van der Waals surface area contributed by atoms with Crippen molar-refractivity contribution in [2.45, 2.75) is 6.92 Å². The van der Waals surface area contributed by atoms with Gasteiger partial charge in [0.25, 0.3) is 0 Å². The minimum atomic E-state index is -0.0463. The molecule has 0 heterocycles. The molecule has 0 radical (unpaired) electrons. The molecule has 0 rings (SSSR count). The number of nitrogens with zero attached hydrogens (tertiary/aromatic N) is 1. The molecule has 0 amide bonds. The van der Waals surface area contributed by atoms with Gasteiger partial charge in [0, 0.05) is 0 Å². The summed E-state index contributed by atoms with van der Waals surface area (Å²) < 4.78 is 4.58. The molecule has 1 unspecified atom stereocenters. The number of hydrogen-bond acceptors (Lipinski definition) is 2. The highest BCUT2D eigenvalue weighted by molar-refractivity contribution is 4.94. The van der Waals surface area contributed by atoms with Crippen molar-refractivity contribution < 1.29 is 4.74 Å². The van der Waals surface area contributed by atoms with E-state index in [9.17, 15) is 0 Å². The van der Waals surface area contributed by atoms with Crippen molar-refractivity contribution in [2.75, 3.05) is 7.11 Å². The Balaban J connectivity index is 3.40. The van der Waals surface area contributed by atoms with Gasteiger partial charge in [-0.2, -0.15) is 5.26 Å². The van der Waals surface area contributed by atoms with Crippen LogP contribution in [0, 0.1) is 17.2 Å². The zero-order valence-corrected chi connectivity index (χ0v) is 5.09. The fourth-order valence-electron chi connectivity index (χ4n) is 0.239. The van der Waals surface area contributed by atoms with E-state index in [-0.39, 0.29) is 5.92 Å². The SMILES string of the molecule is CO/C=C/C(C)C#N. The Hall–Kier alpha value is -0.970. The largest absolute Gasteiger partial charge is 0.505 e. The van der Waals surface area contributed by atoms with Crippen LogP contribution in [-0.2, 0) is 4.74 Å². The molecule has 0 N–H and O–H groups in total. The van der Waals surface area contributed by atoms with Gasteiger partial charge < -0.3 is 4.74 Å². The van der Waals surface area contributed by atoms with Crippen LogP contribution in [0.25, 0.3) is 0 Å². The van der Waals surface area contributed by atoms with E-state index in [1.165, 1.54) is 6.26 Å². The number of hydrogen-bond donors (Lipinski definition) is 0. The molecule has 0 spiro atoms. The van der Waals surface area contributed by atoms with Crippen LogP contribution in [0.2, 0.25) is 0 Å². The van der Waals surface area contributed by atoms with E-state index in [2.05, 4.69) is 4.74 Å². The number of nitriles is 1. The smallest absolute Gasteiger partial charge is 0.0797 e. The summed E-state index contributed by atoms with van der Waals surface area (Å²) in [5.74, 6) is -0.0463. The average Bonchev–Trinajstić information content (AvgIpc) is 1.83. The molecule has 2 nitrogen and oxygen atoms in total. The third-order valence-corrected chi connectivity index (χ3v) is 0.707. The molecule has 0 aromatic heterocycles. The Kier molecular flexibility index (Phi) is 3.69. The van der Waals surface area contributed by atoms with Gasteiger partial charge in [0.05, 0.1) is 25.4 Å². The van der Waals surface area contributed by atoms with Crippen molar-refractivity contribution in [3.63, 3.8) is 0 Å². The predicted molar refractivity (Wildman–Crippen MR) is 30.9 cm³/mol. The lowest BCUT2D eigenvalue weighted by atomic mass is 10.2. The Bertz CT molecular complexity index is 112. The summed E-state index contributed by atoms with van der Waals surface area (Å²) in [6.07, 6.45) is 3.20. The van der Waals surface area contributed by atoms with E-state index in [0.29, 0.717) is 0 Å². The van der Waals surface area contributed by atoms with Gasteiger partial charge in [-0.15, -0.1) is 0 Å². The highest BCUT2D eigenvalue weighted by atomic mass is 16.5. The first-order valence-corrected chi connectivity index (χ1v) is 2.40. The molecule has 8 heavy (non-hydrogen) atoms. The van der Waals surface area contributed by atoms with E-state index in [1.807, 2.05) is 6.07 Å². The van der Waals surface area contributed by atoms with Crippen LogP contribution in [-0.4, -0.2) is 7.11 Å². The first-order chi connectivity index (χ1) is 3.81. The van der Waals surface area contributed by atoms with Crippen LogP contribution in [0.4, 0.5) is 0 Å². The summed E-state index contributed by atoms with van der Waals surface area (Å²) in [7, 11) is 1.56. The third-order valence-electron chi connectivity index (χ3n) is 0.707. The minimum Gasteiger partial charge on any atom is -0.505 e. The van der Waals surface area contributed by atoms with Gasteiger partial charge in [-0.1, -0.05) is 0 Å². The Labute approximate surface area is 49.4 Å². The van der Waals surface area contributed by atoms with Crippen molar-refractivity contribution in [3.05, 3.63) is 12.3 Å². The van der Waals surface area contributed by atoms with E-state index in [1.54, 1.807) is 20.1 Å². The number of ether oxygens (including phenoxy) is 1.